The molecule has 1 aromatic rings. The molecule has 2 heteroatoms. The van der Waals surface area contributed by atoms with Crippen molar-refractivity contribution < 1.29 is 5.11 Å². The summed E-state index contributed by atoms with van der Waals surface area (Å²) in [4.78, 5) is 0. The minimum absolute atomic E-state index is 0.446. The van der Waals surface area contributed by atoms with Crippen LogP contribution in [-0.2, 0) is 13.0 Å². The molecule has 2 N–H and O–H groups in total. The number of nitrogens with one attached hydrogen (secondary N) is 1. The van der Waals surface area contributed by atoms with Crippen LogP contribution < -0.4 is 5.32 Å². The van der Waals surface area contributed by atoms with Gasteiger partial charge in [-0.1, -0.05) is 76.8 Å². The van der Waals surface area contributed by atoms with Crippen LogP contribution in [0, 0.1) is 0 Å². The lowest BCUT2D eigenvalue weighted by Crippen LogP contribution is -2.30. The van der Waals surface area contributed by atoms with Gasteiger partial charge in [0.2, 0.25) is 0 Å². The third-order valence-corrected chi connectivity index (χ3v) is 5.40. The van der Waals surface area contributed by atoms with Gasteiger partial charge in [0.15, 0.2) is 0 Å². The van der Waals surface area contributed by atoms with E-state index >= 15 is 0 Å². The first-order valence-corrected chi connectivity index (χ1v) is 10.3. The highest BCUT2D eigenvalue weighted by atomic mass is 16.3. The zero-order valence-electron chi connectivity index (χ0n) is 15.7. The number of aryl methyl sites for hydroxylation is 1. The van der Waals surface area contributed by atoms with Crippen LogP contribution in [0.5, 0.6) is 5.75 Å². The molecule has 0 aliphatic heterocycles. The third-order valence-electron chi connectivity index (χ3n) is 5.40. The molecule has 1 aromatic carbocycles. The summed E-state index contributed by atoms with van der Waals surface area (Å²) in [6.07, 6.45) is 17.3. The summed E-state index contributed by atoms with van der Waals surface area (Å²) >= 11 is 0. The van der Waals surface area contributed by atoms with Gasteiger partial charge in [-0.2, -0.15) is 0 Å². The van der Waals surface area contributed by atoms with Crippen LogP contribution in [0.1, 0.15) is 95.1 Å². The Morgan fingerprint density at radius 1 is 0.958 bits per heavy atom. The molecule has 1 aliphatic carbocycles. The Kier molecular flexibility index (Phi) is 9.27. The second-order valence-electron chi connectivity index (χ2n) is 7.55. The molecule has 0 unspecified atom stereocenters. The molecule has 0 bridgehead atoms. The Bertz CT molecular complexity index is 451. The standard InChI is InChI=1S/C22H37NO/c1-2-3-4-5-6-7-9-12-19-15-16-22(24)20(17-19)18-23-21-13-10-8-11-14-21/h15-17,21,23-24H,2-14,18H2,1H3. The van der Waals surface area contributed by atoms with E-state index in [4.69, 9.17) is 0 Å². The molecule has 2 rings (SSSR count). The molecule has 0 amide bonds. The van der Waals surface area contributed by atoms with Crippen LogP contribution in [0.25, 0.3) is 0 Å². The normalized spacial score (nSPS) is 15.7. The quantitative estimate of drug-likeness (QED) is 0.480. The summed E-state index contributed by atoms with van der Waals surface area (Å²) in [5.41, 5.74) is 2.45. The van der Waals surface area contributed by atoms with E-state index in [1.54, 1.807) is 0 Å². The number of hydrogen-bond acceptors (Lipinski definition) is 2. The van der Waals surface area contributed by atoms with Crippen molar-refractivity contribution in [3.8, 4) is 5.75 Å². The molecule has 0 aromatic heterocycles. The number of phenols is 1. The molecule has 0 atom stereocenters. The van der Waals surface area contributed by atoms with E-state index in [-0.39, 0.29) is 0 Å². The molecule has 1 saturated carbocycles. The fraction of sp³-hybridized carbons (Fsp3) is 0.727. The predicted octanol–water partition coefficient (Wildman–Crippen LogP) is 6.11. The summed E-state index contributed by atoms with van der Waals surface area (Å²) in [6.45, 7) is 3.08. The SMILES string of the molecule is CCCCCCCCCc1ccc(O)c(CNC2CCCCC2)c1. The van der Waals surface area contributed by atoms with Crippen LogP contribution in [0.2, 0.25) is 0 Å². The molecule has 136 valence electrons. The fourth-order valence-electron chi connectivity index (χ4n) is 3.78. The second kappa shape index (κ2) is 11.5. The first kappa shape index (κ1) is 19.3. The second-order valence-corrected chi connectivity index (χ2v) is 7.55. The summed E-state index contributed by atoms with van der Waals surface area (Å²) < 4.78 is 0. The third kappa shape index (κ3) is 7.25. The zero-order valence-corrected chi connectivity index (χ0v) is 15.7. The monoisotopic (exact) mass is 331 g/mol. The van der Waals surface area contributed by atoms with E-state index in [0.717, 1.165) is 18.5 Å². The van der Waals surface area contributed by atoms with Crippen LogP contribution in [0.15, 0.2) is 18.2 Å². The van der Waals surface area contributed by atoms with E-state index in [0.29, 0.717) is 11.8 Å². The zero-order chi connectivity index (χ0) is 17.0. The van der Waals surface area contributed by atoms with Crippen LogP contribution in [0.3, 0.4) is 0 Å². The van der Waals surface area contributed by atoms with Crippen molar-refractivity contribution in [2.24, 2.45) is 0 Å². The number of aromatic hydroxyl groups is 1. The Balaban J connectivity index is 1.69. The van der Waals surface area contributed by atoms with E-state index in [1.165, 1.54) is 82.6 Å². The van der Waals surface area contributed by atoms with Gasteiger partial charge in [0.1, 0.15) is 5.75 Å². The van der Waals surface area contributed by atoms with Crippen LogP contribution >= 0.6 is 0 Å². The molecule has 0 radical (unpaired) electrons. The average Bonchev–Trinajstić information content (AvgIpc) is 2.62. The Morgan fingerprint density at radius 3 is 2.42 bits per heavy atom. The van der Waals surface area contributed by atoms with Gasteiger partial charge >= 0.3 is 0 Å². The Morgan fingerprint density at radius 2 is 1.67 bits per heavy atom. The predicted molar refractivity (Wildman–Crippen MR) is 104 cm³/mol. The van der Waals surface area contributed by atoms with Gasteiger partial charge in [0.05, 0.1) is 0 Å². The molecule has 0 heterocycles. The topological polar surface area (TPSA) is 32.3 Å². The van der Waals surface area contributed by atoms with Gasteiger partial charge in [0.25, 0.3) is 0 Å². The maximum absolute atomic E-state index is 10.1. The van der Waals surface area contributed by atoms with Crippen molar-refractivity contribution in [3.05, 3.63) is 29.3 Å². The number of phenolic OH excluding ortho intramolecular Hbond substituents is 1. The van der Waals surface area contributed by atoms with Crippen molar-refractivity contribution >= 4 is 0 Å². The molecule has 0 spiro atoms. The Hall–Kier alpha value is -1.02. The number of benzene rings is 1. The summed E-state index contributed by atoms with van der Waals surface area (Å²) in [6, 6.07) is 6.83. The lowest BCUT2D eigenvalue weighted by atomic mass is 9.95. The summed E-state index contributed by atoms with van der Waals surface area (Å²) in [5.74, 6) is 0.446. The van der Waals surface area contributed by atoms with Gasteiger partial charge in [-0.3, -0.25) is 0 Å². The minimum Gasteiger partial charge on any atom is -0.508 e. The van der Waals surface area contributed by atoms with Gasteiger partial charge in [-0.15, -0.1) is 0 Å². The van der Waals surface area contributed by atoms with Gasteiger partial charge in [-0.05, 0) is 37.3 Å². The van der Waals surface area contributed by atoms with Crippen molar-refractivity contribution in [1.29, 1.82) is 0 Å². The van der Waals surface area contributed by atoms with E-state index in [1.807, 2.05) is 6.07 Å². The van der Waals surface area contributed by atoms with Crippen molar-refractivity contribution in [1.82, 2.24) is 5.32 Å². The Labute approximate surface area is 149 Å². The largest absolute Gasteiger partial charge is 0.508 e. The lowest BCUT2D eigenvalue weighted by Gasteiger charge is -2.23. The molecule has 2 nitrogen and oxygen atoms in total. The highest BCUT2D eigenvalue weighted by Gasteiger charge is 2.13. The first-order chi connectivity index (χ1) is 11.8. The number of unbranched alkanes of at least 4 members (excludes halogenated alkanes) is 6. The van der Waals surface area contributed by atoms with Crippen LogP contribution in [0.4, 0.5) is 0 Å². The smallest absolute Gasteiger partial charge is 0.120 e. The molecular weight excluding hydrogens is 294 g/mol. The van der Waals surface area contributed by atoms with E-state index in [9.17, 15) is 5.11 Å². The molecule has 0 saturated heterocycles. The average molecular weight is 332 g/mol. The van der Waals surface area contributed by atoms with Gasteiger partial charge < -0.3 is 10.4 Å². The van der Waals surface area contributed by atoms with Gasteiger partial charge in [-0.25, -0.2) is 0 Å². The molecule has 1 fully saturated rings. The van der Waals surface area contributed by atoms with Crippen molar-refractivity contribution in [3.63, 3.8) is 0 Å². The molecule has 1 aliphatic rings. The molecular formula is C22H37NO. The highest BCUT2D eigenvalue weighted by Crippen LogP contribution is 2.22. The summed E-state index contributed by atoms with van der Waals surface area (Å²) in [5, 5.41) is 13.8. The van der Waals surface area contributed by atoms with Crippen molar-refractivity contribution in [2.75, 3.05) is 0 Å². The number of hydrogen-bond donors (Lipinski definition) is 2. The van der Waals surface area contributed by atoms with Crippen LogP contribution in [-0.4, -0.2) is 11.1 Å². The minimum atomic E-state index is 0.446. The van der Waals surface area contributed by atoms with E-state index < -0.39 is 0 Å². The maximum atomic E-state index is 10.1. The van der Waals surface area contributed by atoms with Crippen molar-refractivity contribution in [2.45, 2.75) is 103 Å². The fourth-order valence-corrected chi connectivity index (χ4v) is 3.78. The maximum Gasteiger partial charge on any atom is 0.120 e. The summed E-state index contributed by atoms with van der Waals surface area (Å²) in [7, 11) is 0. The van der Waals surface area contributed by atoms with E-state index in [2.05, 4.69) is 24.4 Å². The number of rotatable bonds is 11. The van der Waals surface area contributed by atoms with Gasteiger partial charge in [0, 0.05) is 18.2 Å². The first-order valence-electron chi connectivity index (χ1n) is 10.3. The molecule has 24 heavy (non-hydrogen) atoms. The highest BCUT2D eigenvalue weighted by molar-refractivity contribution is 5.36. The lowest BCUT2D eigenvalue weighted by molar-refractivity contribution is 0.369.